The van der Waals surface area contributed by atoms with Crippen molar-refractivity contribution in [3.8, 4) is 17.1 Å². The SMILES string of the molecule is COc1ccc(Cc2ccccc2-c2nn[nH]n2)cc1. The lowest BCUT2D eigenvalue weighted by Gasteiger charge is -2.07. The van der Waals surface area contributed by atoms with E-state index >= 15 is 0 Å². The van der Waals surface area contributed by atoms with Gasteiger partial charge >= 0.3 is 0 Å². The molecule has 3 aromatic rings. The van der Waals surface area contributed by atoms with Gasteiger partial charge in [-0.3, -0.25) is 0 Å². The van der Waals surface area contributed by atoms with E-state index in [-0.39, 0.29) is 0 Å². The molecule has 0 bridgehead atoms. The second kappa shape index (κ2) is 5.52. The number of aromatic amines is 1. The van der Waals surface area contributed by atoms with Crippen molar-refractivity contribution in [3.63, 3.8) is 0 Å². The van der Waals surface area contributed by atoms with Gasteiger partial charge in [0, 0.05) is 5.56 Å². The van der Waals surface area contributed by atoms with Crippen molar-refractivity contribution in [2.75, 3.05) is 7.11 Å². The molecular weight excluding hydrogens is 252 g/mol. The van der Waals surface area contributed by atoms with Crippen LogP contribution in [0.1, 0.15) is 11.1 Å². The summed E-state index contributed by atoms with van der Waals surface area (Å²) in [4.78, 5) is 0. The van der Waals surface area contributed by atoms with E-state index in [0.29, 0.717) is 5.82 Å². The van der Waals surface area contributed by atoms with Crippen molar-refractivity contribution in [3.05, 3.63) is 59.7 Å². The first-order valence-corrected chi connectivity index (χ1v) is 6.31. The number of H-pyrrole nitrogens is 1. The van der Waals surface area contributed by atoms with E-state index in [1.165, 1.54) is 11.1 Å². The molecule has 5 heteroatoms. The minimum atomic E-state index is 0.620. The molecule has 1 heterocycles. The highest BCUT2D eigenvalue weighted by Crippen LogP contribution is 2.22. The van der Waals surface area contributed by atoms with Gasteiger partial charge in [-0.15, -0.1) is 10.2 Å². The monoisotopic (exact) mass is 266 g/mol. The van der Waals surface area contributed by atoms with Crippen LogP contribution in [-0.4, -0.2) is 27.7 Å². The molecule has 0 saturated carbocycles. The number of ether oxygens (including phenoxy) is 1. The van der Waals surface area contributed by atoms with Gasteiger partial charge in [-0.2, -0.15) is 5.21 Å². The Labute approximate surface area is 116 Å². The van der Waals surface area contributed by atoms with Crippen molar-refractivity contribution in [2.24, 2.45) is 0 Å². The minimum Gasteiger partial charge on any atom is -0.497 e. The first-order chi connectivity index (χ1) is 9.86. The van der Waals surface area contributed by atoms with Crippen LogP contribution in [0.5, 0.6) is 5.75 Å². The van der Waals surface area contributed by atoms with Gasteiger partial charge in [0.2, 0.25) is 5.82 Å². The Hall–Kier alpha value is -2.69. The summed E-state index contributed by atoms with van der Waals surface area (Å²) in [7, 11) is 1.67. The zero-order chi connectivity index (χ0) is 13.8. The van der Waals surface area contributed by atoms with Crippen molar-refractivity contribution in [1.82, 2.24) is 20.6 Å². The zero-order valence-electron chi connectivity index (χ0n) is 11.1. The Morgan fingerprint density at radius 3 is 2.55 bits per heavy atom. The largest absolute Gasteiger partial charge is 0.497 e. The quantitative estimate of drug-likeness (QED) is 0.788. The molecule has 1 N–H and O–H groups in total. The Bertz CT molecular complexity index is 677. The third-order valence-corrected chi connectivity index (χ3v) is 3.16. The van der Waals surface area contributed by atoms with Gasteiger partial charge in [0.05, 0.1) is 7.11 Å². The fraction of sp³-hybridized carbons (Fsp3) is 0.133. The molecule has 2 aromatic carbocycles. The van der Waals surface area contributed by atoms with E-state index in [2.05, 4.69) is 38.8 Å². The fourth-order valence-electron chi connectivity index (χ4n) is 2.13. The van der Waals surface area contributed by atoms with E-state index in [1.54, 1.807) is 7.11 Å². The summed E-state index contributed by atoms with van der Waals surface area (Å²) in [6, 6.07) is 16.1. The summed E-state index contributed by atoms with van der Waals surface area (Å²) in [6.45, 7) is 0. The highest BCUT2D eigenvalue weighted by atomic mass is 16.5. The number of hydrogen-bond donors (Lipinski definition) is 1. The van der Waals surface area contributed by atoms with Crippen LogP contribution in [0.4, 0.5) is 0 Å². The average Bonchev–Trinajstić information content (AvgIpc) is 3.03. The molecule has 0 radical (unpaired) electrons. The number of benzene rings is 2. The van der Waals surface area contributed by atoms with Gasteiger partial charge in [-0.1, -0.05) is 36.4 Å². The van der Waals surface area contributed by atoms with E-state index in [1.807, 2.05) is 30.3 Å². The highest BCUT2D eigenvalue weighted by Gasteiger charge is 2.09. The Balaban J connectivity index is 1.90. The molecule has 5 nitrogen and oxygen atoms in total. The van der Waals surface area contributed by atoms with Gasteiger partial charge in [-0.05, 0) is 34.9 Å². The van der Waals surface area contributed by atoms with Crippen LogP contribution in [0.25, 0.3) is 11.4 Å². The van der Waals surface area contributed by atoms with Gasteiger partial charge in [0.25, 0.3) is 0 Å². The molecule has 0 fully saturated rings. The average molecular weight is 266 g/mol. The third-order valence-electron chi connectivity index (χ3n) is 3.16. The van der Waals surface area contributed by atoms with Crippen molar-refractivity contribution in [2.45, 2.75) is 6.42 Å². The normalized spacial score (nSPS) is 10.4. The van der Waals surface area contributed by atoms with E-state index in [0.717, 1.165) is 17.7 Å². The van der Waals surface area contributed by atoms with Gasteiger partial charge < -0.3 is 4.74 Å². The summed E-state index contributed by atoms with van der Waals surface area (Å²) >= 11 is 0. The fourth-order valence-corrected chi connectivity index (χ4v) is 2.13. The van der Waals surface area contributed by atoms with Crippen LogP contribution < -0.4 is 4.74 Å². The number of rotatable bonds is 4. The minimum absolute atomic E-state index is 0.620. The van der Waals surface area contributed by atoms with Crippen LogP contribution >= 0.6 is 0 Å². The van der Waals surface area contributed by atoms with Gasteiger partial charge in [0.1, 0.15) is 5.75 Å². The summed E-state index contributed by atoms with van der Waals surface area (Å²) in [5.74, 6) is 1.48. The maximum Gasteiger partial charge on any atom is 0.204 e. The molecule has 0 saturated heterocycles. The molecule has 0 spiro atoms. The second-order valence-corrected chi connectivity index (χ2v) is 4.42. The number of tetrazole rings is 1. The van der Waals surface area contributed by atoms with Crippen LogP contribution in [0, 0.1) is 0 Å². The molecule has 0 aliphatic carbocycles. The van der Waals surface area contributed by atoms with E-state index in [4.69, 9.17) is 4.74 Å². The Morgan fingerprint density at radius 1 is 1.05 bits per heavy atom. The predicted molar refractivity (Wildman–Crippen MR) is 75.4 cm³/mol. The number of hydrogen-bond acceptors (Lipinski definition) is 4. The lowest BCUT2D eigenvalue weighted by atomic mass is 9.99. The van der Waals surface area contributed by atoms with Gasteiger partial charge in [0.15, 0.2) is 0 Å². The number of nitrogens with one attached hydrogen (secondary N) is 1. The van der Waals surface area contributed by atoms with Crippen LogP contribution in [-0.2, 0) is 6.42 Å². The zero-order valence-corrected chi connectivity index (χ0v) is 11.1. The van der Waals surface area contributed by atoms with Crippen LogP contribution in [0.3, 0.4) is 0 Å². The van der Waals surface area contributed by atoms with Crippen LogP contribution in [0.15, 0.2) is 48.5 Å². The predicted octanol–water partition coefficient (Wildman–Crippen LogP) is 2.47. The molecule has 0 amide bonds. The Kier molecular flexibility index (Phi) is 3.41. The third kappa shape index (κ3) is 2.51. The van der Waals surface area contributed by atoms with Crippen LogP contribution in [0.2, 0.25) is 0 Å². The first-order valence-electron chi connectivity index (χ1n) is 6.31. The first kappa shape index (κ1) is 12.3. The molecule has 1 aromatic heterocycles. The van der Waals surface area contributed by atoms with E-state index in [9.17, 15) is 0 Å². The maximum atomic E-state index is 5.17. The molecule has 0 atom stereocenters. The lowest BCUT2D eigenvalue weighted by Crippen LogP contribution is -1.94. The molecule has 3 rings (SSSR count). The smallest absolute Gasteiger partial charge is 0.204 e. The van der Waals surface area contributed by atoms with E-state index < -0.39 is 0 Å². The summed E-state index contributed by atoms with van der Waals surface area (Å²) in [5, 5.41) is 14.2. The summed E-state index contributed by atoms with van der Waals surface area (Å²) < 4.78 is 5.17. The summed E-state index contributed by atoms with van der Waals surface area (Å²) in [5.41, 5.74) is 3.37. The molecule has 20 heavy (non-hydrogen) atoms. The molecule has 100 valence electrons. The number of aromatic nitrogens is 4. The maximum absolute atomic E-state index is 5.17. The molecule has 0 aliphatic heterocycles. The molecular formula is C15H14N4O. The summed E-state index contributed by atoms with van der Waals surface area (Å²) in [6.07, 6.45) is 0.814. The van der Waals surface area contributed by atoms with Crippen molar-refractivity contribution >= 4 is 0 Å². The second-order valence-electron chi connectivity index (χ2n) is 4.42. The highest BCUT2D eigenvalue weighted by molar-refractivity contribution is 5.60. The van der Waals surface area contributed by atoms with Gasteiger partial charge in [-0.25, -0.2) is 0 Å². The standard InChI is InChI=1S/C15H14N4O/c1-20-13-8-6-11(7-9-13)10-12-4-2-3-5-14(12)15-16-18-19-17-15/h2-9H,10H2,1H3,(H,16,17,18,19). The number of nitrogens with zero attached hydrogens (tertiary/aromatic N) is 3. The number of methoxy groups -OCH3 is 1. The topological polar surface area (TPSA) is 63.7 Å². The lowest BCUT2D eigenvalue weighted by molar-refractivity contribution is 0.414. The molecule has 0 unspecified atom stereocenters. The Morgan fingerprint density at radius 2 is 1.85 bits per heavy atom. The van der Waals surface area contributed by atoms with Crippen molar-refractivity contribution in [1.29, 1.82) is 0 Å². The molecule has 0 aliphatic rings. The van der Waals surface area contributed by atoms with Crippen molar-refractivity contribution < 1.29 is 4.74 Å².